The highest BCUT2D eigenvalue weighted by atomic mass is 35.5. The first kappa shape index (κ1) is 15.2. The number of anilines is 2. The molecule has 1 amide bonds. The van der Waals surface area contributed by atoms with Gasteiger partial charge in [0.25, 0.3) is 0 Å². The number of amides is 1. The van der Waals surface area contributed by atoms with Crippen LogP contribution in [0.15, 0.2) is 42.5 Å². The van der Waals surface area contributed by atoms with Crippen molar-refractivity contribution in [2.24, 2.45) is 0 Å². The lowest BCUT2D eigenvalue weighted by Crippen LogP contribution is -2.08. The molecule has 0 aromatic heterocycles. The largest absolute Gasteiger partial charge is 0.508 e. The van der Waals surface area contributed by atoms with Gasteiger partial charge in [-0.25, -0.2) is 0 Å². The minimum atomic E-state index is -0.166. The molecule has 110 valence electrons. The van der Waals surface area contributed by atoms with Crippen LogP contribution in [0.2, 0.25) is 5.02 Å². The van der Waals surface area contributed by atoms with Gasteiger partial charge < -0.3 is 15.7 Å². The lowest BCUT2D eigenvalue weighted by atomic mass is 10.1. The van der Waals surface area contributed by atoms with Gasteiger partial charge in [-0.15, -0.1) is 0 Å². The van der Waals surface area contributed by atoms with E-state index in [9.17, 15) is 9.90 Å². The SMILES string of the molecule is CC(=O)Nc1ccc(NC(C)c2ccccc2O)cc1Cl. The average Bonchev–Trinajstić information content (AvgIpc) is 2.42. The predicted molar refractivity (Wildman–Crippen MR) is 85.9 cm³/mol. The van der Waals surface area contributed by atoms with E-state index in [0.29, 0.717) is 10.7 Å². The Morgan fingerprint density at radius 2 is 1.95 bits per heavy atom. The molecular formula is C16H17ClN2O2. The molecule has 0 aliphatic carbocycles. The van der Waals surface area contributed by atoms with E-state index in [1.807, 2.05) is 25.1 Å². The van der Waals surface area contributed by atoms with Crippen molar-refractivity contribution in [2.75, 3.05) is 10.6 Å². The maximum atomic E-state index is 11.0. The summed E-state index contributed by atoms with van der Waals surface area (Å²) >= 11 is 6.13. The smallest absolute Gasteiger partial charge is 0.221 e. The number of carbonyl (C=O) groups is 1. The molecule has 1 unspecified atom stereocenters. The molecule has 0 saturated carbocycles. The Morgan fingerprint density at radius 3 is 2.57 bits per heavy atom. The highest BCUT2D eigenvalue weighted by Crippen LogP contribution is 2.30. The molecule has 2 rings (SSSR count). The third kappa shape index (κ3) is 3.89. The van der Waals surface area contributed by atoms with Crippen LogP contribution < -0.4 is 10.6 Å². The highest BCUT2D eigenvalue weighted by Gasteiger charge is 2.10. The first-order valence-electron chi connectivity index (χ1n) is 6.59. The summed E-state index contributed by atoms with van der Waals surface area (Å²) in [6, 6.07) is 12.4. The van der Waals surface area contributed by atoms with Crippen LogP contribution in [-0.2, 0) is 4.79 Å². The Morgan fingerprint density at radius 1 is 1.24 bits per heavy atom. The topological polar surface area (TPSA) is 61.4 Å². The molecule has 0 aliphatic rings. The van der Waals surface area contributed by atoms with Crippen LogP contribution in [0.4, 0.5) is 11.4 Å². The number of aromatic hydroxyl groups is 1. The van der Waals surface area contributed by atoms with Gasteiger partial charge in [0.1, 0.15) is 5.75 Å². The Kier molecular flexibility index (Phi) is 4.70. The van der Waals surface area contributed by atoms with Crippen molar-refractivity contribution in [1.82, 2.24) is 0 Å². The number of nitrogens with one attached hydrogen (secondary N) is 2. The summed E-state index contributed by atoms with van der Waals surface area (Å²) in [5.74, 6) is 0.0821. The van der Waals surface area contributed by atoms with Crippen LogP contribution in [0, 0.1) is 0 Å². The molecule has 0 aliphatic heterocycles. The second kappa shape index (κ2) is 6.50. The molecule has 21 heavy (non-hydrogen) atoms. The average molecular weight is 305 g/mol. The maximum Gasteiger partial charge on any atom is 0.221 e. The summed E-state index contributed by atoms with van der Waals surface area (Å²) < 4.78 is 0. The van der Waals surface area contributed by atoms with Gasteiger partial charge >= 0.3 is 0 Å². The van der Waals surface area contributed by atoms with Gasteiger partial charge in [0.2, 0.25) is 5.91 Å². The Bertz CT molecular complexity index is 658. The standard InChI is InChI=1S/C16H17ClN2O2/c1-10(13-5-3-4-6-16(13)21)18-12-7-8-15(14(17)9-12)19-11(2)20/h3-10,18,21H,1-2H3,(H,19,20). The summed E-state index contributed by atoms with van der Waals surface area (Å²) in [5.41, 5.74) is 2.19. The Labute approximate surface area is 128 Å². The number of benzene rings is 2. The van der Waals surface area contributed by atoms with Crippen molar-refractivity contribution in [2.45, 2.75) is 19.9 Å². The van der Waals surface area contributed by atoms with Crippen molar-refractivity contribution < 1.29 is 9.90 Å². The van der Waals surface area contributed by atoms with E-state index in [-0.39, 0.29) is 17.7 Å². The van der Waals surface area contributed by atoms with E-state index in [1.165, 1.54) is 6.92 Å². The van der Waals surface area contributed by atoms with Crippen molar-refractivity contribution in [3.63, 3.8) is 0 Å². The molecular weight excluding hydrogens is 288 g/mol. The Balaban J connectivity index is 2.15. The number of rotatable bonds is 4. The lowest BCUT2D eigenvalue weighted by molar-refractivity contribution is -0.114. The molecule has 3 N–H and O–H groups in total. The zero-order chi connectivity index (χ0) is 15.4. The van der Waals surface area contributed by atoms with Gasteiger partial charge in [0.15, 0.2) is 0 Å². The normalized spacial score (nSPS) is 11.8. The summed E-state index contributed by atoms with van der Waals surface area (Å²) in [5, 5.41) is 16.2. The molecule has 2 aromatic carbocycles. The van der Waals surface area contributed by atoms with Crippen molar-refractivity contribution >= 4 is 28.9 Å². The molecule has 0 bridgehead atoms. The first-order chi connectivity index (χ1) is 9.97. The number of phenols is 1. The molecule has 0 heterocycles. The van der Waals surface area contributed by atoms with Crippen LogP contribution in [-0.4, -0.2) is 11.0 Å². The van der Waals surface area contributed by atoms with Crippen LogP contribution >= 0.6 is 11.6 Å². The van der Waals surface area contributed by atoms with E-state index in [4.69, 9.17) is 11.6 Å². The van der Waals surface area contributed by atoms with Crippen molar-refractivity contribution in [1.29, 1.82) is 0 Å². The van der Waals surface area contributed by atoms with E-state index >= 15 is 0 Å². The summed E-state index contributed by atoms with van der Waals surface area (Å²) in [7, 11) is 0. The summed E-state index contributed by atoms with van der Waals surface area (Å²) in [4.78, 5) is 11.0. The molecule has 4 nitrogen and oxygen atoms in total. The minimum absolute atomic E-state index is 0.0751. The summed E-state index contributed by atoms with van der Waals surface area (Å²) in [6.07, 6.45) is 0. The van der Waals surface area contributed by atoms with Crippen LogP contribution in [0.3, 0.4) is 0 Å². The van der Waals surface area contributed by atoms with E-state index in [2.05, 4.69) is 10.6 Å². The Hall–Kier alpha value is -2.20. The maximum absolute atomic E-state index is 11.0. The van der Waals surface area contributed by atoms with Gasteiger partial charge in [0, 0.05) is 18.2 Å². The summed E-state index contributed by atoms with van der Waals surface area (Å²) in [6.45, 7) is 3.38. The first-order valence-corrected chi connectivity index (χ1v) is 6.96. The fraction of sp³-hybridized carbons (Fsp3) is 0.188. The zero-order valence-corrected chi connectivity index (χ0v) is 12.6. The molecule has 1 atom stereocenters. The van der Waals surface area contributed by atoms with Crippen LogP contribution in [0.1, 0.15) is 25.5 Å². The number of hydrogen-bond acceptors (Lipinski definition) is 3. The molecule has 0 spiro atoms. The lowest BCUT2D eigenvalue weighted by Gasteiger charge is -2.17. The van der Waals surface area contributed by atoms with Crippen LogP contribution in [0.25, 0.3) is 0 Å². The fourth-order valence-electron chi connectivity index (χ4n) is 2.08. The van der Waals surface area contributed by atoms with Gasteiger partial charge in [-0.05, 0) is 31.2 Å². The van der Waals surface area contributed by atoms with Crippen molar-refractivity contribution in [3.05, 3.63) is 53.1 Å². The zero-order valence-electron chi connectivity index (χ0n) is 11.9. The van der Waals surface area contributed by atoms with Gasteiger partial charge in [-0.3, -0.25) is 4.79 Å². The number of carbonyl (C=O) groups excluding carboxylic acids is 1. The second-order valence-corrected chi connectivity index (χ2v) is 5.21. The number of phenolic OH excluding ortho intramolecular Hbond substituents is 1. The minimum Gasteiger partial charge on any atom is -0.508 e. The third-order valence-corrected chi connectivity index (χ3v) is 3.38. The predicted octanol–water partition coefficient (Wildman–Crippen LogP) is 4.18. The number of para-hydroxylation sites is 1. The fourth-order valence-corrected chi connectivity index (χ4v) is 2.31. The molecule has 5 heteroatoms. The van der Waals surface area contributed by atoms with E-state index in [1.54, 1.807) is 24.3 Å². The highest BCUT2D eigenvalue weighted by molar-refractivity contribution is 6.34. The quantitative estimate of drug-likeness (QED) is 0.794. The van der Waals surface area contributed by atoms with Gasteiger partial charge in [0.05, 0.1) is 16.8 Å². The molecule has 0 fully saturated rings. The molecule has 0 saturated heterocycles. The number of hydrogen-bond donors (Lipinski definition) is 3. The third-order valence-electron chi connectivity index (χ3n) is 3.07. The van der Waals surface area contributed by atoms with E-state index in [0.717, 1.165) is 11.3 Å². The van der Waals surface area contributed by atoms with Gasteiger partial charge in [-0.2, -0.15) is 0 Å². The molecule has 0 radical (unpaired) electrons. The second-order valence-electron chi connectivity index (χ2n) is 4.80. The molecule has 2 aromatic rings. The van der Waals surface area contributed by atoms with Crippen LogP contribution in [0.5, 0.6) is 5.75 Å². The monoisotopic (exact) mass is 304 g/mol. The van der Waals surface area contributed by atoms with Crippen molar-refractivity contribution in [3.8, 4) is 5.75 Å². The van der Waals surface area contributed by atoms with E-state index < -0.39 is 0 Å². The number of halogens is 1. The van der Waals surface area contributed by atoms with Gasteiger partial charge in [-0.1, -0.05) is 29.8 Å².